The molecule has 120 valence electrons. The molecule has 0 atom stereocenters. The Balaban J connectivity index is 1.75. The highest BCUT2D eigenvalue weighted by Crippen LogP contribution is 2.31. The summed E-state index contributed by atoms with van der Waals surface area (Å²) in [5.41, 5.74) is 3.13. The Labute approximate surface area is 132 Å². The largest absolute Gasteiger partial charge is 0.382 e. The highest BCUT2D eigenvalue weighted by molar-refractivity contribution is 5.84. The van der Waals surface area contributed by atoms with E-state index in [9.17, 15) is 4.79 Å². The number of hydrogen-bond donors (Lipinski definition) is 1. The van der Waals surface area contributed by atoms with Gasteiger partial charge in [-0.15, -0.1) is 0 Å². The summed E-state index contributed by atoms with van der Waals surface area (Å²) in [6.45, 7) is 3.93. The smallest absolute Gasteiger partial charge is 0.152 e. The van der Waals surface area contributed by atoms with Gasteiger partial charge in [-0.25, -0.2) is 0 Å². The van der Waals surface area contributed by atoms with Gasteiger partial charge < -0.3 is 15.0 Å². The lowest BCUT2D eigenvalue weighted by molar-refractivity contribution is 0.0904. The number of carbonyl (C=O) groups is 1. The maximum atomic E-state index is 11.3. The standard InChI is InChI=1S/C18H26N2O2/c1-20-8-4-14(5-9-20)15-2-3-16(13-21)18(12-15)19-17-6-10-22-11-7-17/h2-3,12-14,17,19H,4-11H2,1H3. The Kier molecular flexibility index (Phi) is 5.11. The Morgan fingerprint density at radius 2 is 1.91 bits per heavy atom. The number of ether oxygens (including phenoxy) is 1. The molecule has 2 saturated heterocycles. The van der Waals surface area contributed by atoms with Crippen LogP contribution in [0.25, 0.3) is 0 Å². The minimum absolute atomic E-state index is 0.417. The number of rotatable bonds is 4. The first kappa shape index (κ1) is 15.5. The van der Waals surface area contributed by atoms with E-state index in [4.69, 9.17) is 4.74 Å². The van der Waals surface area contributed by atoms with E-state index in [-0.39, 0.29) is 0 Å². The molecule has 1 aromatic carbocycles. The molecule has 4 heteroatoms. The van der Waals surface area contributed by atoms with Gasteiger partial charge in [-0.2, -0.15) is 0 Å². The number of nitrogens with zero attached hydrogens (tertiary/aromatic N) is 1. The predicted octanol–water partition coefficient (Wildman–Crippen LogP) is 2.90. The van der Waals surface area contributed by atoms with Gasteiger partial charge in [0.2, 0.25) is 0 Å². The fraction of sp³-hybridized carbons (Fsp3) is 0.611. The maximum Gasteiger partial charge on any atom is 0.152 e. The highest BCUT2D eigenvalue weighted by Gasteiger charge is 2.20. The lowest BCUT2D eigenvalue weighted by atomic mass is 9.88. The summed E-state index contributed by atoms with van der Waals surface area (Å²) in [6, 6.07) is 6.73. The summed E-state index contributed by atoms with van der Waals surface area (Å²) in [7, 11) is 2.18. The molecule has 0 amide bonds. The maximum absolute atomic E-state index is 11.3. The molecule has 1 N–H and O–H groups in total. The molecule has 2 aliphatic heterocycles. The summed E-state index contributed by atoms with van der Waals surface area (Å²) in [4.78, 5) is 13.7. The molecule has 22 heavy (non-hydrogen) atoms. The first-order valence-electron chi connectivity index (χ1n) is 8.38. The molecule has 1 aromatic rings. The summed E-state index contributed by atoms with van der Waals surface area (Å²) in [5.74, 6) is 0.618. The predicted molar refractivity (Wildman–Crippen MR) is 88.8 cm³/mol. The van der Waals surface area contributed by atoms with Crippen molar-refractivity contribution in [3.8, 4) is 0 Å². The zero-order chi connectivity index (χ0) is 15.4. The van der Waals surface area contributed by atoms with Gasteiger partial charge in [0, 0.05) is 30.5 Å². The Bertz CT molecular complexity index is 504. The van der Waals surface area contributed by atoms with Gasteiger partial charge in [-0.05, 0) is 69.4 Å². The molecule has 2 aliphatic rings. The molecular weight excluding hydrogens is 276 g/mol. The SMILES string of the molecule is CN1CCC(c2ccc(C=O)c(NC3CCOCC3)c2)CC1. The molecule has 0 radical (unpaired) electrons. The van der Waals surface area contributed by atoms with Gasteiger partial charge in [0.25, 0.3) is 0 Å². The number of benzene rings is 1. The van der Waals surface area contributed by atoms with Crippen LogP contribution in [0.4, 0.5) is 5.69 Å². The van der Waals surface area contributed by atoms with Crippen molar-refractivity contribution in [3.05, 3.63) is 29.3 Å². The molecule has 2 heterocycles. The van der Waals surface area contributed by atoms with Gasteiger partial charge in [-0.3, -0.25) is 4.79 Å². The van der Waals surface area contributed by atoms with E-state index in [2.05, 4.69) is 29.4 Å². The Morgan fingerprint density at radius 1 is 1.18 bits per heavy atom. The monoisotopic (exact) mass is 302 g/mol. The van der Waals surface area contributed by atoms with Crippen LogP contribution in [-0.2, 0) is 4.74 Å². The molecule has 0 saturated carbocycles. The third-order valence-corrected chi connectivity index (χ3v) is 4.98. The second-order valence-electron chi connectivity index (χ2n) is 6.57. The van der Waals surface area contributed by atoms with Crippen LogP contribution in [0.3, 0.4) is 0 Å². The van der Waals surface area contributed by atoms with E-state index >= 15 is 0 Å². The minimum Gasteiger partial charge on any atom is -0.382 e. The summed E-state index contributed by atoms with van der Waals surface area (Å²) in [5, 5.41) is 3.57. The Hall–Kier alpha value is -1.39. The quantitative estimate of drug-likeness (QED) is 0.868. The van der Waals surface area contributed by atoms with Crippen molar-refractivity contribution in [2.75, 3.05) is 38.7 Å². The number of nitrogens with one attached hydrogen (secondary N) is 1. The minimum atomic E-state index is 0.417. The highest BCUT2D eigenvalue weighted by atomic mass is 16.5. The average molecular weight is 302 g/mol. The van der Waals surface area contributed by atoms with Crippen LogP contribution in [0.5, 0.6) is 0 Å². The topological polar surface area (TPSA) is 41.6 Å². The molecule has 3 rings (SSSR count). The van der Waals surface area contributed by atoms with Crippen LogP contribution in [0.15, 0.2) is 18.2 Å². The first-order chi connectivity index (χ1) is 10.8. The lowest BCUT2D eigenvalue weighted by Gasteiger charge is -2.30. The lowest BCUT2D eigenvalue weighted by Crippen LogP contribution is -2.30. The number of likely N-dealkylation sites (tertiary alicyclic amines) is 1. The molecule has 4 nitrogen and oxygen atoms in total. The van der Waals surface area contributed by atoms with Crippen molar-refractivity contribution in [1.82, 2.24) is 4.90 Å². The van der Waals surface area contributed by atoms with Gasteiger partial charge in [-0.1, -0.05) is 6.07 Å². The van der Waals surface area contributed by atoms with Crippen LogP contribution in [0.2, 0.25) is 0 Å². The van der Waals surface area contributed by atoms with Crippen LogP contribution in [0.1, 0.15) is 47.5 Å². The van der Waals surface area contributed by atoms with E-state index < -0.39 is 0 Å². The van der Waals surface area contributed by atoms with Crippen molar-refractivity contribution in [2.45, 2.75) is 37.6 Å². The number of carbonyl (C=O) groups excluding carboxylic acids is 1. The van der Waals surface area contributed by atoms with Crippen LogP contribution >= 0.6 is 0 Å². The number of aldehydes is 1. The van der Waals surface area contributed by atoms with Crippen molar-refractivity contribution >= 4 is 12.0 Å². The van der Waals surface area contributed by atoms with Gasteiger partial charge in [0.15, 0.2) is 6.29 Å². The van der Waals surface area contributed by atoms with E-state index in [0.717, 1.165) is 56.7 Å². The fourth-order valence-electron chi connectivity index (χ4n) is 3.46. The molecular formula is C18H26N2O2. The Morgan fingerprint density at radius 3 is 2.59 bits per heavy atom. The number of anilines is 1. The van der Waals surface area contributed by atoms with Crippen LogP contribution in [-0.4, -0.2) is 50.6 Å². The molecule has 0 unspecified atom stereocenters. The molecule has 0 aliphatic carbocycles. The van der Waals surface area contributed by atoms with Gasteiger partial charge in [0.05, 0.1) is 0 Å². The molecule has 0 spiro atoms. The van der Waals surface area contributed by atoms with Gasteiger partial charge in [0.1, 0.15) is 0 Å². The van der Waals surface area contributed by atoms with Crippen molar-refractivity contribution in [1.29, 1.82) is 0 Å². The molecule has 0 bridgehead atoms. The molecule has 2 fully saturated rings. The molecule has 0 aromatic heterocycles. The van der Waals surface area contributed by atoms with Gasteiger partial charge >= 0.3 is 0 Å². The summed E-state index contributed by atoms with van der Waals surface area (Å²) >= 11 is 0. The van der Waals surface area contributed by atoms with Crippen molar-refractivity contribution in [3.63, 3.8) is 0 Å². The normalized spacial score (nSPS) is 21.7. The zero-order valence-electron chi connectivity index (χ0n) is 13.4. The zero-order valence-corrected chi connectivity index (χ0v) is 13.4. The third-order valence-electron chi connectivity index (χ3n) is 4.98. The van der Waals surface area contributed by atoms with E-state index in [0.29, 0.717) is 12.0 Å². The van der Waals surface area contributed by atoms with Crippen molar-refractivity contribution < 1.29 is 9.53 Å². The third kappa shape index (κ3) is 3.68. The first-order valence-corrected chi connectivity index (χ1v) is 8.38. The van der Waals surface area contributed by atoms with E-state index in [1.54, 1.807) is 0 Å². The fourth-order valence-corrected chi connectivity index (χ4v) is 3.46. The number of hydrogen-bond acceptors (Lipinski definition) is 4. The van der Waals surface area contributed by atoms with E-state index in [1.165, 1.54) is 18.4 Å². The summed E-state index contributed by atoms with van der Waals surface area (Å²) < 4.78 is 5.41. The van der Waals surface area contributed by atoms with E-state index in [1.807, 2.05) is 6.07 Å². The van der Waals surface area contributed by atoms with Crippen molar-refractivity contribution in [2.24, 2.45) is 0 Å². The second kappa shape index (κ2) is 7.25. The van der Waals surface area contributed by atoms with Crippen LogP contribution in [0, 0.1) is 0 Å². The average Bonchev–Trinajstić information content (AvgIpc) is 2.56. The van der Waals surface area contributed by atoms with Crippen LogP contribution < -0.4 is 5.32 Å². The second-order valence-corrected chi connectivity index (χ2v) is 6.57. The number of piperidine rings is 1. The summed E-state index contributed by atoms with van der Waals surface area (Å²) in [6.07, 6.45) is 5.38.